The van der Waals surface area contributed by atoms with Gasteiger partial charge in [-0.2, -0.15) is 17.5 Å². The van der Waals surface area contributed by atoms with E-state index in [0.29, 0.717) is 13.1 Å². The van der Waals surface area contributed by atoms with Gasteiger partial charge < -0.3 is 10.1 Å². The van der Waals surface area contributed by atoms with Crippen molar-refractivity contribution in [3.05, 3.63) is 53.6 Å². The molecule has 0 spiro atoms. The van der Waals surface area contributed by atoms with Crippen LogP contribution < -0.4 is 10.1 Å². The van der Waals surface area contributed by atoms with Gasteiger partial charge in [-0.05, 0) is 56.2 Å². The Labute approximate surface area is 179 Å². The summed E-state index contributed by atoms with van der Waals surface area (Å²) < 4.78 is 71.7. The van der Waals surface area contributed by atoms with Gasteiger partial charge in [0.25, 0.3) is 5.91 Å². The summed E-state index contributed by atoms with van der Waals surface area (Å²) in [7, 11) is -3.77. The Morgan fingerprint density at radius 3 is 2.45 bits per heavy atom. The van der Waals surface area contributed by atoms with Crippen molar-refractivity contribution in [1.29, 1.82) is 0 Å². The van der Waals surface area contributed by atoms with Crippen molar-refractivity contribution < 1.29 is 31.1 Å². The number of anilines is 1. The number of carbonyl (C=O) groups excluding carboxylic acids is 1. The molecule has 1 aliphatic rings. The van der Waals surface area contributed by atoms with Crippen LogP contribution >= 0.6 is 0 Å². The number of hydrogen-bond acceptors (Lipinski definition) is 4. The Kier molecular flexibility index (Phi) is 6.90. The monoisotopic (exact) mass is 456 g/mol. The lowest BCUT2D eigenvalue weighted by molar-refractivity contribution is -0.137. The zero-order chi connectivity index (χ0) is 22.6. The second kappa shape index (κ2) is 9.27. The number of hydrogen-bond donors (Lipinski definition) is 1. The smallest absolute Gasteiger partial charge is 0.416 e. The van der Waals surface area contributed by atoms with Gasteiger partial charge in [0, 0.05) is 18.7 Å². The largest absolute Gasteiger partial charge is 0.492 e. The molecule has 31 heavy (non-hydrogen) atoms. The fraction of sp³-hybridized carbons (Fsp3) is 0.381. The highest BCUT2D eigenvalue weighted by Gasteiger charge is 2.31. The van der Waals surface area contributed by atoms with E-state index in [4.69, 9.17) is 4.74 Å². The van der Waals surface area contributed by atoms with Gasteiger partial charge in [0.15, 0.2) is 0 Å². The summed E-state index contributed by atoms with van der Waals surface area (Å²) in [5.74, 6) is -0.583. The van der Waals surface area contributed by atoms with E-state index in [1.54, 1.807) is 6.92 Å². The summed E-state index contributed by atoms with van der Waals surface area (Å²) in [5, 5.41) is 2.49. The van der Waals surface area contributed by atoms with E-state index >= 15 is 0 Å². The van der Waals surface area contributed by atoms with E-state index in [1.165, 1.54) is 28.6 Å². The average Bonchev–Trinajstić information content (AvgIpc) is 2.75. The number of carbonyl (C=O) groups is 1. The Bertz CT molecular complexity index is 1050. The van der Waals surface area contributed by atoms with Gasteiger partial charge in [0.1, 0.15) is 5.75 Å². The third-order valence-corrected chi connectivity index (χ3v) is 6.80. The maximum absolute atomic E-state index is 13.0. The van der Waals surface area contributed by atoms with Gasteiger partial charge >= 0.3 is 6.18 Å². The number of nitrogens with one attached hydrogen (secondary N) is 1. The molecule has 3 rings (SSSR count). The summed E-state index contributed by atoms with van der Waals surface area (Å²) >= 11 is 0. The second-order valence-electron chi connectivity index (χ2n) is 7.09. The van der Waals surface area contributed by atoms with Gasteiger partial charge in [-0.15, -0.1) is 0 Å². The van der Waals surface area contributed by atoms with E-state index in [-0.39, 0.29) is 28.5 Å². The summed E-state index contributed by atoms with van der Waals surface area (Å²) in [5.41, 5.74) is -1.09. The molecule has 6 nitrogen and oxygen atoms in total. The summed E-state index contributed by atoms with van der Waals surface area (Å²) in [6.07, 6.45) is -2.08. The molecule has 2 aromatic carbocycles. The fourth-order valence-electron chi connectivity index (χ4n) is 3.33. The Morgan fingerprint density at radius 1 is 1.10 bits per heavy atom. The van der Waals surface area contributed by atoms with E-state index in [0.717, 1.165) is 37.5 Å². The number of sulfonamides is 1. The molecule has 1 amide bonds. The van der Waals surface area contributed by atoms with Gasteiger partial charge in [0.2, 0.25) is 10.0 Å². The van der Waals surface area contributed by atoms with Gasteiger partial charge in [0.05, 0.1) is 22.8 Å². The average molecular weight is 456 g/mol. The fourth-order valence-corrected chi connectivity index (χ4v) is 4.88. The lowest BCUT2D eigenvalue weighted by Gasteiger charge is -2.26. The number of ether oxygens (including phenoxy) is 1. The van der Waals surface area contributed by atoms with Crippen LogP contribution in [0.1, 0.15) is 42.1 Å². The van der Waals surface area contributed by atoms with Crippen molar-refractivity contribution in [2.24, 2.45) is 0 Å². The highest BCUT2D eigenvalue weighted by molar-refractivity contribution is 7.89. The number of nitrogens with zero attached hydrogens (tertiary/aromatic N) is 1. The van der Waals surface area contributed by atoms with Crippen LogP contribution in [0.4, 0.5) is 18.9 Å². The molecule has 1 aliphatic heterocycles. The molecule has 1 N–H and O–H groups in total. The van der Waals surface area contributed by atoms with E-state index in [2.05, 4.69) is 5.32 Å². The molecule has 1 saturated heterocycles. The van der Waals surface area contributed by atoms with Crippen LogP contribution in [0.25, 0.3) is 0 Å². The number of benzene rings is 2. The van der Waals surface area contributed by atoms with Crippen molar-refractivity contribution in [1.82, 2.24) is 4.31 Å². The Hall–Kier alpha value is -2.59. The van der Waals surface area contributed by atoms with E-state index < -0.39 is 27.7 Å². The topological polar surface area (TPSA) is 75.7 Å². The number of piperidine rings is 1. The highest BCUT2D eigenvalue weighted by atomic mass is 32.2. The van der Waals surface area contributed by atoms with Gasteiger partial charge in [-0.25, -0.2) is 8.42 Å². The predicted octanol–water partition coefficient (Wildman–Crippen LogP) is 4.53. The van der Waals surface area contributed by atoms with Crippen LogP contribution in [-0.4, -0.2) is 38.3 Å². The van der Waals surface area contributed by atoms with Crippen LogP contribution in [0.15, 0.2) is 47.4 Å². The lowest BCUT2D eigenvalue weighted by atomic mass is 10.1. The maximum Gasteiger partial charge on any atom is 0.416 e. The molecule has 0 bridgehead atoms. The molecule has 0 radical (unpaired) electrons. The van der Waals surface area contributed by atoms with E-state index in [9.17, 15) is 26.4 Å². The van der Waals surface area contributed by atoms with Crippen molar-refractivity contribution in [2.45, 2.75) is 37.3 Å². The minimum atomic E-state index is -4.59. The summed E-state index contributed by atoms with van der Waals surface area (Å²) in [4.78, 5) is 12.6. The first-order valence-electron chi connectivity index (χ1n) is 9.88. The Morgan fingerprint density at radius 2 is 1.81 bits per heavy atom. The van der Waals surface area contributed by atoms with E-state index in [1.807, 2.05) is 0 Å². The predicted molar refractivity (Wildman–Crippen MR) is 110 cm³/mol. The molecule has 0 saturated carbocycles. The molecule has 0 unspecified atom stereocenters. The molecule has 1 heterocycles. The normalized spacial score (nSPS) is 15.5. The van der Waals surface area contributed by atoms with Crippen LogP contribution in [-0.2, 0) is 16.2 Å². The summed E-state index contributed by atoms with van der Waals surface area (Å²) in [6, 6.07) is 8.10. The van der Waals surface area contributed by atoms with Crippen LogP contribution in [0.2, 0.25) is 0 Å². The first-order chi connectivity index (χ1) is 14.6. The quantitative estimate of drug-likeness (QED) is 0.693. The standard InChI is InChI=1S/C21H23F3N2O4S/c1-2-30-19-10-9-17(31(28,29)26-11-4-3-5-12-26)14-18(19)25-20(27)15-7-6-8-16(13-15)21(22,23)24/h6-10,13-14H,2-5,11-12H2,1H3,(H,25,27). The van der Waals surface area contributed by atoms with Crippen molar-refractivity contribution in [3.8, 4) is 5.75 Å². The van der Waals surface area contributed by atoms with Crippen molar-refractivity contribution in [3.63, 3.8) is 0 Å². The second-order valence-corrected chi connectivity index (χ2v) is 9.03. The molecular weight excluding hydrogens is 433 g/mol. The van der Waals surface area contributed by atoms with Gasteiger partial charge in [-0.1, -0.05) is 12.5 Å². The third-order valence-electron chi connectivity index (χ3n) is 4.90. The molecule has 0 atom stereocenters. The SMILES string of the molecule is CCOc1ccc(S(=O)(=O)N2CCCCC2)cc1NC(=O)c1cccc(C(F)(F)F)c1. The van der Waals surface area contributed by atoms with Crippen molar-refractivity contribution in [2.75, 3.05) is 25.0 Å². The first kappa shape index (κ1) is 23.1. The molecule has 2 aromatic rings. The molecule has 1 fully saturated rings. The molecule has 0 aromatic heterocycles. The number of rotatable bonds is 6. The number of halogens is 3. The minimum absolute atomic E-state index is 0.0165. The lowest BCUT2D eigenvalue weighted by Crippen LogP contribution is -2.35. The molecular formula is C21H23F3N2O4S. The summed E-state index contributed by atoms with van der Waals surface area (Å²) in [6.45, 7) is 2.81. The van der Waals surface area contributed by atoms with Crippen LogP contribution in [0.3, 0.4) is 0 Å². The van der Waals surface area contributed by atoms with Crippen LogP contribution in [0, 0.1) is 0 Å². The highest BCUT2D eigenvalue weighted by Crippen LogP contribution is 2.32. The molecule has 168 valence electrons. The van der Waals surface area contributed by atoms with Crippen molar-refractivity contribution >= 4 is 21.6 Å². The zero-order valence-electron chi connectivity index (χ0n) is 16.9. The third kappa shape index (κ3) is 5.37. The number of amides is 1. The minimum Gasteiger partial charge on any atom is -0.492 e. The Balaban J connectivity index is 1.92. The zero-order valence-corrected chi connectivity index (χ0v) is 17.7. The maximum atomic E-state index is 13.0. The van der Waals surface area contributed by atoms with Gasteiger partial charge in [-0.3, -0.25) is 4.79 Å². The first-order valence-corrected chi connectivity index (χ1v) is 11.3. The number of alkyl halides is 3. The van der Waals surface area contributed by atoms with Crippen LogP contribution in [0.5, 0.6) is 5.75 Å². The molecule has 10 heteroatoms. The molecule has 0 aliphatic carbocycles.